The maximum absolute atomic E-state index is 12.0. The minimum atomic E-state index is -0.150. The van der Waals surface area contributed by atoms with Crippen molar-refractivity contribution in [2.45, 2.75) is 24.9 Å². The lowest BCUT2D eigenvalue weighted by molar-refractivity contribution is -0.140. The summed E-state index contributed by atoms with van der Waals surface area (Å²) < 4.78 is 5.45. The number of likely N-dealkylation sites (tertiary alicyclic amines) is 1. The first-order valence-corrected chi connectivity index (χ1v) is 8.24. The molecule has 0 atom stereocenters. The van der Waals surface area contributed by atoms with Crippen molar-refractivity contribution in [3.63, 3.8) is 0 Å². The molecule has 1 aliphatic rings. The van der Waals surface area contributed by atoms with E-state index in [0.29, 0.717) is 24.7 Å². The highest BCUT2D eigenvalue weighted by Crippen LogP contribution is 2.24. The molecule has 2 aromatic rings. The first kappa shape index (κ1) is 14.9. The molecule has 1 aliphatic heterocycles. The van der Waals surface area contributed by atoms with Crippen molar-refractivity contribution < 1.29 is 14.3 Å². The van der Waals surface area contributed by atoms with E-state index in [4.69, 9.17) is 4.74 Å². The van der Waals surface area contributed by atoms with Crippen LogP contribution in [0.2, 0.25) is 0 Å². The van der Waals surface area contributed by atoms with Crippen molar-refractivity contribution in [3.05, 3.63) is 18.2 Å². The van der Waals surface area contributed by atoms with Crippen LogP contribution in [0.4, 0.5) is 0 Å². The van der Waals surface area contributed by atoms with E-state index in [1.807, 2.05) is 25.1 Å². The number of nitrogens with one attached hydrogen (secondary N) is 1. The van der Waals surface area contributed by atoms with Crippen LogP contribution in [0, 0.1) is 0 Å². The van der Waals surface area contributed by atoms with Crippen molar-refractivity contribution in [3.8, 4) is 5.75 Å². The molecule has 0 radical (unpaired) electrons. The zero-order valence-corrected chi connectivity index (χ0v) is 13.1. The molecule has 1 fully saturated rings. The molecular weight excluding hydrogens is 302 g/mol. The number of hydrogen-bond donors (Lipinski definition) is 1. The van der Waals surface area contributed by atoms with Crippen molar-refractivity contribution in [2.75, 3.05) is 18.9 Å². The standard InChI is InChI=1S/C15H17N3O3S/c1-2-21-10-5-6-11-12(8-10)17-15(16-11)22-9-14(20)18-7-3-4-13(18)19/h5-6,8H,2-4,7,9H2,1H3,(H,16,17). The summed E-state index contributed by atoms with van der Waals surface area (Å²) in [5.41, 5.74) is 1.70. The quantitative estimate of drug-likeness (QED) is 0.855. The second-order valence-electron chi connectivity index (χ2n) is 4.99. The minimum Gasteiger partial charge on any atom is -0.494 e. The van der Waals surface area contributed by atoms with Crippen LogP contribution in [0.3, 0.4) is 0 Å². The number of thioether (sulfide) groups is 1. The number of aromatic amines is 1. The molecule has 0 saturated carbocycles. The minimum absolute atomic E-state index is 0.0726. The number of amides is 2. The summed E-state index contributed by atoms with van der Waals surface area (Å²) in [6, 6.07) is 5.64. The van der Waals surface area contributed by atoms with Gasteiger partial charge in [0, 0.05) is 19.0 Å². The van der Waals surface area contributed by atoms with E-state index < -0.39 is 0 Å². The summed E-state index contributed by atoms with van der Waals surface area (Å²) in [7, 11) is 0. The summed E-state index contributed by atoms with van der Waals surface area (Å²) in [6.45, 7) is 3.08. The fourth-order valence-electron chi connectivity index (χ4n) is 2.41. The number of aromatic nitrogens is 2. The average Bonchev–Trinajstić information content (AvgIpc) is 3.10. The zero-order chi connectivity index (χ0) is 15.5. The van der Waals surface area contributed by atoms with Gasteiger partial charge in [-0.15, -0.1) is 0 Å². The first-order chi connectivity index (χ1) is 10.7. The molecule has 3 rings (SSSR count). The van der Waals surface area contributed by atoms with E-state index in [0.717, 1.165) is 23.2 Å². The largest absolute Gasteiger partial charge is 0.494 e. The molecular formula is C15H17N3O3S. The lowest BCUT2D eigenvalue weighted by Gasteiger charge is -2.12. The summed E-state index contributed by atoms with van der Waals surface area (Å²) >= 11 is 1.31. The molecule has 0 aliphatic carbocycles. The molecule has 0 spiro atoms. The van der Waals surface area contributed by atoms with Gasteiger partial charge >= 0.3 is 0 Å². The number of fused-ring (bicyclic) bond motifs is 1. The number of imide groups is 1. The molecule has 1 aromatic carbocycles. The molecule has 1 saturated heterocycles. The lowest BCUT2D eigenvalue weighted by atomic mass is 10.3. The maximum atomic E-state index is 12.0. The van der Waals surface area contributed by atoms with Gasteiger partial charge in [0.1, 0.15) is 5.75 Å². The molecule has 1 aromatic heterocycles. The van der Waals surface area contributed by atoms with E-state index in [9.17, 15) is 9.59 Å². The molecule has 2 amide bonds. The van der Waals surface area contributed by atoms with Crippen molar-refractivity contribution in [2.24, 2.45) is 0 Å². The van der Waals surface area contributed by atoms with Gasteiger partial charge in [-0.25, -0.2) is 4.98 Å². The monoisotopic (exact) mass is 319 g/mol. The van der Waals surface area contributed by atoms with E-state index in [2.05, 4.69) is 9.97 Å². The van der Waals surface area contributed by atoms with Gasteiger partial charge in [-0.2, -0.15) is 0 Å². The number of benzene rings is 1. The molecule has 22 heavy (non-hydrogen) atoms. The number of H-pyrrole nitrogens is 1. The number of nitrogens with zero attached hydrogens (tertiary/aromatic N) is 2. The summed E-state index contributed by atoms with van der Waals surface area (Å²) in [4.78, 5) is 32.5. The highest BCUT2D eigenvalue weighted by molar-refractivity contribution is 7.99. The van der Waals surface area contributed by atoms with Crippen LogP contribution in [0.25, 0.3) is 11.0 Å². The maximum Gasteiger partial charge on any atom is 0.239 e. The summed E-state index contributed by atoms with van der Waals surface area (Å²) in [5, 5.41) is 0.670. The second kappa shape index (κ2) is 6.39. The summed E-state index contributed by atoms with van der Waals surface area (Å²) in [6.07, 6.45) is 1.24. The Morgan fingerprint density at radius 1 is 1.50 bits per heavy atom. The van der Waals surface area contributed by atoms with Crippen LogP contribution in [0.15, 0.2) is 23.4 Å². The number of carbonyl (C=O) groups excluding carboxylic acids is 2. The Kier molecular flexibility index (Phi) is 4.33. The molecule has 0 unspecified atom stereocenters. The van der Waals surface area contributed by atoms with Crippen LogP contribution in [-0.4, -0.2) is 45.6 Å². The van der Waals surface area contributed by atoms with Crippen molar-refractivity contribution in [1.82, 2.24) is 14.9 Å². The Hall–Kier alpha value is -2.02. The average molecular weight is 319 g/mol. The van der Waals surface area contributed by atoms with Crippen LogP contribution < -0.4 is 4.74 Å². The first-order valence-electron chi connectivity index (χ1n) is 7.26. The smallest absolute Gasteiger partial charge is 0.239 e. The van der Waals surface area contributed by atoms with Gasteiger partial charge in [-0.3, -0.25) is 14.5 Å². The van der Waals surface area contributed by atoms with Crippen molar-refractivity contribution >= 4 is 34.6 Å². The normalized spacial score (nSPS) is 14.8. The van der Waals surface area contributed by atoms with E-state index in [1.54, 1.807) is 0 Å². The molecule has 2 heterocycles. The predicted molar refractivity (Wildman–Crippen MR) is 83.9 cm³/mol. The highest BCUT2D eigenvalue weighted by atomic mass is 32.2. The van der Waals surface area contributed by atoms with Gasteiger partial charge in [-0.05, 0) is 25.5 Å². The molecule has 0 bridgehead atoms. The molecule has 7 heteroatoms. The Balaban J connectivity index is 1.66. The number of ether oxygens (including phenoxy) is 1. The highest BCUT2D eigenvalue weighted by Gasteiger charge is 2.26. The fourth-order valence-corrected chi connectivity index (χ4v) is 3.17. The van der Waals surface area contributed by atoms with E-state index in [-0.39, 0.29) is 17.6 Å². The van der Waals surface area contributed by atoms with Crippen LogP contribution >= 0.6 is 11.8 Å². The van der Waals surface area contributed by atoms with Crippen LogP contribution in [-0.2, 0) is 9.59 Å². The van der Waals surface area contributed by atoms with Crippen LogP contribution in [0.5, 0.6) is 5.75 Å². The predicted octanol–water partition coefficient (Wildman–Crippen LogP) is 2.20. The van der Waals surface area contributed by atoms with Gasteiger partial charge in [-0.1, -0.05) is 11.8 Å². The third kappa shape index (κ3) is 3.09. The molecule has 6 nitrogen and oxygen atoms in total. The molecule has 1 N–H and O–H groups in total. The van der Waals surface area contributed by atoms with Crippen LogP contribution in [0.1, 0.15) is 19.8 Å². The van der Waals surface area contributed by atoms with Gasteiger partial charge < -0.3 is 9.72 Å². The number of imidazole rings is 1. The Bertz CT molecular complexity index is 713. The van der Waals surface area contributed by atoms with Gasteiger partial charge in [0.15, 0.2) is 5.16 Å². The lowest BCUT2D eigenvalue weighted by Crippen LogP contribution is -2.33. The molecule has 116 valence electrons. The number of carbonyl (C=O) groups is 2. The van der Waals surface area contributed by atoms with E-state index >= 15 is 0 Å². The van der Waals surface area contributed by atoms with Gasteiger partial charge in [0.25, 0.3) is 0 Å². The Morgan fingerprint density at radius 2 is 2.36 bits per heavy atom. The Labute approximate surface area is 132 Å². The fraction of sp³-hybridized carbons (Fsp3) is 0.400. The SMILES string of the molecule is CCOc1ccc2nc(SCC(=O)N3CCCC3=O)[nH]c2c1. The van der Waals surface area contributed by atoms with Gasteiger partial charge in [0.2, 0.25) is 11.8 Å². The summed E-state index contributed by atoms with van der Waals surface area (Å²) in [5.74, 6) is 0.776. The second-order valence-corrected chi connectivity index (χ2v) is 5.95. The zero-order valence-electron chi connectivity index (χ0n) is 12.3. The Morgan fingerprint density at radius 3 is 3.09 bits per heavy atom. The number of rotatable bonds is 5. The number of hydrogen-bond acceptors (Lipinski definition) is 5. The topological polar surface area (TPSA) is 75.3 Å². The van der Waals surface area contributed by atoms with E-state index in [1.165, 1.54) is 16.7 Å². The van der Waals surface area contributed by atoms with Crippen molar-refractivity contribution in [1.29, 1.82) is 0 Å². The van der Waals surface area contributed by atoms with Gasteiger partial charge in [0.05, 0.1) is 23.4 Å². The third-order valence-electron chi connectivity index (χ3n) is 3.45. The third-order valence-corrected chi connectivity index (χ3v) is 4.31.